The van der Waals surface area contributed by atoms with Gasteiger partial charge in [0, 0.05) is 17.9 Å². The lowest BCUT2D eigenvalue weighted by atomic mass is 10.2. The number of anilines is 2. The van der Waals surface area contributed by atoms with E-state index in [2.05, 4.69) is 5.32 Å². The van der Waals surface area contributed by atoms with Crippen LogP contribution in [-0.2, 0) is 16.7 Å². The summed E-state index contributed by atoms with van der Waals surface area (Å²) in [6.45, 7) is 0.551. The van der Waals surface area contributed by atoms with Crippen LogP contribution in [-0.4, -0.2) is 13.0 Å². The highest BCUT2D eigenvalue weighted by atomic mass is 32.2. The minimum absolute atomic E-state index is 0.108. The van der Waals surface area contributed by atoms with Crippen molar-refractivity contribution in [3.05, 3.63) is 54.1 Å². The minimum atomic E-state index is -4.13. The maximum Gasteiger partial charge on any atom is 0.294 e. The summed E-state index contributed by atoms with van der Waals surface area (Å²) in [5.41, 5.74) is 8.11. The molecule has 0 aromatic heterocycles. The molecule has 0 aliphatic heterocycles. The zero-order valence-corrected chi connectivity index (χ0v) is 10.9. The van der Waals surface area contributed by atoms with Crippen molar-refractivity contribution in [2.45, 2.75) is 11.4 Å². The van der Waals surface area contributed by atoms with E-state index < -0.39 is 10.1 Å². The Labute approximate surface area is 111 Å². The lowest BCUT2D eigenvalue weighted by Crippen LogP contribution is -2.01. The van der Waals surface area contributed by atoms with Crippen LogP contribution in [0, 0.1) is 0 Å². The third kappa shape index (κ3) is 3.70. The van der Waals surface area contributed by atoms with Crippen molar-refractivity contribution in [2.24, 2.45) is 0 Å². The van der Waals surface area contributed by atoms with Crippen molar-refractivity contribution in [1.82, 2.24) is 0 Å². The quantitative estimate of drug-likeness (QED) is 0.588. The molecule has 0 atom stereocenters. The van der Waals surface area contributed by atoms with Crippen molar-refractivity contribution in [3.8, 4) is 0 Å². The SMILES string of the molecule is Nc1ccc(NCc2ccc(S(=O)(=O)O)cc2)cc1. The van der Waals surface area contributed by atoms with Crippen LogP contribution >= 0.6 is 0 Å². The Balaban J connectivity index is 2.02. The van der Waals surface area contributed by atoms with E-state index in [0.29, 0.717) is 12.2 Å². The molecule has 5 nitrogen and oxygen atoms in total. The molecular formula is C13H14N2O3S. The molecule has 0 amide bonds. The summed E-state index contributed by atoms with van der Waals surface area (Å²) in [7, 11) is -4.13. The van der Waals surface area contributed by atoms with E-state index >= 15 is 0 Å². The summed E-state index contributed by atoms with van der Waals surface area (Å²) in [5, 5.41) is 3.18. The average Bonchev–Trinajstić information content (AvgIpc) is 2.37. The number of nitrogens with two attached hydrogens (primary N) is 1. The smallest absolute Gasteiger partial charge is 0.294 e. The zero-order valence-electron chi connectivity index (χ0n) is 10.1. The van der Waals surface area contributed by atoms with E-state index in [-0.39, 0.29) is 4.90 Å². The van der Waals surface area contributed by atoms with E-state index in [1.165, 1.54) is 12.1 Å². The van der Waals surface area contributed by atoms with Crippen LogP contribution in [0.25, 0.3) is 0 Å². The Morgan fingerprint density at radius 2 is 1.58 bits per heavy atom. The Kier molecular flexibility index (Phi) is 3.73. The lowest BCUT2D eigenvalue weighted by Gasteiger charge is -2.07. The van der Waals surface area contributed by atoms with Gasteiger partial charge in [0.2, 0.25) is 0 Å². The standard InChI is InChI=1S/C13H14N2O3S/c14-11-3-5-12(6-4-11)15-9-10-1-7-13(8-2-10)19(16,17)18/h1-8,15H,9,14H2,(H,16,17,18). The van der Waals surface area contributed by atoms with Crippen molar-refractivity contribution in [3.63, 3.8) is 0 Å². The first-order valence-electron chi connectivity index (χ1n) is 5.61. The third-order valence-electron chi connectivity index (χ3n) is 2.63. The van der Waals surface area contributed by atoms with Gasteiger partial charge in [0.1, 0.15) is 0 Å². The summed E-state index contributed by atoms with van der Waals surface area (Å²) in [6, 6.07) is 13.3. The van der Waals surface area contributed by atoms with Gasteiger partial charge < -0.3 is 11.1 Å². The second kappa shape index (κ2) is 5.29. The molecule has 100 valence electrons. The molecule has 2 aromatic carbocycles. The molecule has 0 radical (unpaired) electrons. The zero-order chi connectivity index (χ0) is 13.9. The van der Waals surface area contributed by atoms with E-state index in [4.69, 9.17) is 10.3 Å². The Morgan fingerprint density at radius 1 is 1.00 bits per heavy atom. The van der Waals surface area contributed by atoms with Gasteiger partial charge in [-0.1, -0.05) is 12.1 Å². The summed E-state index contributed by atoms with van der Waals surface area (Å²) >= 11 is 0. The summed E-state index contributed by atoms with van der Waals surface area (Å²) in [5.74, 6) is 0. The van der Waals surface area contributed by atoms with Crippen LogP contribution in [0.15, 0.2) is 53.4 Å². The summed E-state index contributed by atoms with van der Waals surface area (Å²) < 4.78 is 30.6. The predicted molar refractivity (Wildman–Crippen MR) is 74.4 cm³/mol. The Hall–Kier alpha value is -2.05. The fraction of sp³-hybridized carbons (Fsp3) is 0.0769. The molecule has 0 fully saturated rings. The monoisotopic (exact) mass is 278 g/mol. The molecule has 0 aliphatic carbocycles. The highest BCUT2D eigenvalue weighted by molar-refractivity contribution is 7.85. The fourth-order valence-electron chi connectivity index (χ4n) is 1.58. The molecule has 0 heterocycles. The van der Waals surface area contributed by atoms with Crippen LogP contribution in [0.4, 0.5) is 11.4 Å². The largest absolute Gasteiger partial charge is 0.399 e. The first-order valence-corrected chi connectivity index (χ1v) is 7.05. The van der Waals surface area contributed by atoms with E-state index in [1.54, 1.807) is 24.3 Å². The first kappa shape index (κ1) is 13.4. The Morgan fingerprint density at radius 3 is 2.11 bits per heavy atom. The van der Waals surface area contributed by atoms with E-state index in [1.807, 2.05) is 12.1 Å². The molecule has 0 saturated heterocycles. The van der Waals surface area contributed by atoms with Gasteiger partial charge >= 0.3 is 0 Å². The van der Waals surface area contributed by atoms with Crippen molar-refractivity contribution in [1.29, 1.82) is 0 Å². The number of benzene rings is 2. The van der Waals surface area contributed by atoms with Crippen LogP contribution in [0.2, 0.25) is 0 Å². The van der Waals surface area contributed by atoms with Crippen LogP contribution in [0.1, 0.15) is 5.56 Å². The van der Waals surface area contributed by atoms with Gasteiger partial charge in [0.25, 0.3) is 10.1 Å². The Bertz CT molecular complexity index is 649. The molecule has 6 heteroatoms. The van der Waals surface area contributed by atoms with Gasteiger partial charge in [0.15, 0.2) is 0 Å². The van der Waals surface area contributed by atoms with Crippen LogP contribution in [0.3, 0.4) is 0 Å². The van der Waals surface area contributed by atoms with Gasteiger partial charge in [-0.25, -0.2) is 0 Å². The third-order valence-corrected chi connectivity index (χ3v) is 3.50. The molecule has 0 saturated carbocycles. The molecule has 2 aromatic rings. The first-order chi connectivity index (χ1) is 8.95. The lowest BCUT2D eigenvalue weighted by molar-refractivity contribution is 0.483. The van der Waals surface area contributed by atoms with E-state index in [0.717, 1.165) is 11.3 Å². The molecule has 0 bridgehead atoms. The molecule has 0 spiro atoms. The highest BCUT2D eigenvalue weighted by Gasteiger charge is 2.08. The van der Waals surface area contributed by atoms with Crippen molar-refractivity contribution >= 4 is 21.5 Å². The maximum atomic E-state index is 10.9. The fourth-order valence-corrected chi connectivity index (χ4v) is 2.06. The van der Waals surface area contributed by atoms with Crippen LogP contribution in [0.5, 0.6) is 0 Å². The predicted octanol–water partition coefficient (Wildman–Crippen LogP) is 2.13. The second-order valence-corrected chi connectivity index (χ2v) is 5.52. The van der Waals surface area contributed by atoms with Gasteiger partial charge in [-0.15, -0.1) is 0 Å². The van der Waals surface area contributed by atoms with Gasteiger partial charge in [-0.3, -0.25) is 4.55 Å². The van der Waals surface area contributed by atoms with Crippen LogP contribution < -0.4 is 11.1 Å². The number of nitrogen functional groups attached to an aromatic ring is 1. The van der Waals surface area contributed by atoms with Crippen molar-refractivity contribution in [2.75, 3.05) is 11.1 Å². The molecule has 4 N–H and O–H groups in total. The molecule has 0 unspecified atom stereocenters. The molecule has 0 aliphatic rings. The highest BCUT2D eigenvalue weighted by Crippen LogP contribution is 2.14. The normalized spacial score (nSPS) is 11.2. The average molecular weight is 278 g/mol. The number of hydrogen-bond donors (Lipinski definition) is 3. The number of hydrogen-bond acceptors (Lipinski definition) is 4. The van der Waals surface area contributed by atoms with Crippen molar-refractivity contribution < 1.29 is 13.0 Å². The number of nitrogens with one attached hydrogen (secondary N) is 1. The molecule has 2 rings (SSSR count). The number of rotatable bonds is 4. The molecular weight excluding hydrogens is 264 g/mol. The van der Waals surface area contributed by atoms with E-state index in [9.17, 15) is 8.42 Å². The van der Waals surface area contributed by atoms with Gasteiger partial charge in [-0.05, 0) is 42.0 Å². The topological polar surface area (TPSA) is 92.4 Å². The molecule has 19 heavy (non-hydrogen) atoms. The maximum absolute atomic E-state index is 10.9. The minimum Gasteiger partial charge on any atom is -0.399 e. The van der Waals surface area contributed by atoms with Gasteiger partial charge in [0.05, 0.1) is 4.90 Å². The second-order valence-electron chi connectivity index (χ2n) is 4.09. The summed E-state index contributed by atoms with van der Waals surface area (Å²) in [6.07, 6.45) is 0. The summed E-state index contributed by atoms with van der Waals surface area (Å²) in [4.78, 5) is -0.108. The van der Waals surface area contributed by atoms with Gasteiger partial charge in [-0.2, -0.15) is 8.42 Å².